The summed E-state index contributed by atoms with van der Waals surface area (Å²) in [7, 11) is 0. The molecule has 0 saturated heterocycles. The maximum Gasteiger partial charge on any atom is 0.242 e. The molecular weight excluding hydrogens is 380 g/mol. The molecule has 0 saturated carbocycles. The quantitative estimate of drug-likeness (QED) is 0.479. The van der Waals surface area contributed by atoms with Gasteiger partial charge in [-0.15, -0.1) is 11.8 Å². The van der Waals surface area contributed by atoms with E-state index in [-0.39, 0.29) is 18.2 Å². The minimum absolute atomic E-state index is 0.209. The fraction of sp³-hybridized carbons (Fsp3) is 0.143. The first kappa shape index (κ1) is 19.3. The second-order valence-corrected chi connectivity index (χ2v) is 7.57. The second-order valence-electron chi connectivity index (χ2n) is 5.96. The Hall–Kier alpha value is -2.50. The number of hydrogen-bond donors (Lipinski definition) is 2. The van der Waals surface area contributed by atoms with E-state index in [9.17, 15) is 9.59 Å². The van der Waals surface area contributed by atoms with Crippen molar-refractivity contribution in [3.8, 4) is 0 Å². The third kappa shape index (κ3) is 5.74. The number of halogens is 1. The van der Waals surface area contributed by atoms with E-state index in [1.165, 1.54) is 0 Å². The number of amides is 2. The summed E-state index contributed by atoms with van der Waals surface area (Å²) in [4.78, 5) is 25.1. The highest BCUT2D eigenvalue weighted by atomic mass is 35.5. The van der Waals surface area contributed by atoms with Gasteiger partial charge in [-0.25, -0.2) is 0 Å². The topological polar surface area (TPSA) is 58.2 Å². The van der Waals surface area contributed by atoms with E-state index < -0.39 is 0 Å². The molecule has 3 aromatic carbocycles. The number of carbonyl (C=O) groups is 2. The summed E-state index contributed by atoms with van der Waals surface area (Å²) in [6.07, 6.45) is 0.517. The molecule has 0 spiro atoms. The van der Waals surface area contributed by atoms with Crippen LogP contribution in [0, 0.1) is 0 Å². The van der Waals surface area contributed by atoms with Crippen LogP contribution in [0.2, 0.25) is 5.02 Å². The molecule has 0 bridgehead atoms. The minimum atomic E-state index is -0.245. The third-order valence-corrected chi connectivity index (χ3v) is 5.25. The molecule has 0 atom stereocenters. The number of fused-ring (bicyclic) bond motifs is 1. The largest absolute Gasteiger partial charge is 0.273 e. The van der Waals surface area contributed by atoms with Crippen LogP contribution in [0.3, 0.4) is 0 Å². The summed E-state index contributed by atoms with van der Waals surface area (Å²) < 4.78 is 0. The van der Waals surface area contributed by atoms with Crippen LogP contribution >= 0.6 is 23.4 Å². The van der Waals surface area contributed by atoms with Crippen LogP contribution in [-0.2, 0) is 16.0 Å². The lowest BCUT2D eigenvalue weighted by atomic mass is 10.0. The Morgan fingerprint density at radius 2 is 1.56 bits per heavy atom. The molecule has 4 nitrogen and oxygen atoms in total. The molecule has 0 aliphatic rings. The van der Waals surface area contributed by atoms with Gasteiger partial charge in [-0.2, -0.15) is 0 Å². The van der Waals surface area contributed by atoms with Crippen molar-refractivity contribution >= 4 is 45.9 Å². The van der Waals surface area contributed by atoms with Crippen LogP contribution in [0.1, 0.15) is 12.0 Å². The number of carbonyl (C=O) groups excluding carboxylic acids is 2. The fourth-order valence-corrected chi connectivity index (χ4v) is 3.64. The van der Waals surface area contributed by atoms with E-state index in [4.69, 9.17) is 11.6 Å². The third-order valence-electron chi connectivity index (χ3n) is 3.98. The van der Waals surface area contributed by atoms with E-state index in [1.807, 2.05) is 66.7 Å². The van der Waals surface area contributed by atoms with Crippen molar-refractivity contribution in [2.24, 2.45) is 0 Å². The highest BCUT2D eigenvalue weighted by Crippen LogP contribution is 2.21. The molecule has 2 amide bonds. The molecule has 0 aliphatic carbocycles. The van der Waals surface area contributed by atoms with Gasteiger partial charge < -0.3 is 0 Å². The van der Waals surface area contributed by atoms with Gasteiger partial charge in [0.1, 0.15) is 0 Å². The van der Waals surface area contributed by atoms with Gasteiger partial charge in [-0.3, -0.25) is 20.4 Å². The molecule has 3 aromatic rings. The first-order valence-corrected chi connectivity index (χ1v) is 9.91. The van der Waals surface area contributed by atoms with E-state index in [1.54, 1.807) is 11.8 Å². The average molecular weight is 399 g/mol. The number of thioether (sulfide) groups is 1. The van der Waals surface area contributed by atoms with Gasteiger partial charge in [0, 0.05) is 22.1 Å². The number of benzene rings is 3. The lowest BCUT2D eigenvalue weighted by molar-refractivity contribution is -0.128. The zero-order valence-electron chi connectivity index (χ0n) is 14.6. The maximum absolute atomic E-state index is 12.1. The van der Waals surface area contributed by atoms with Crippen LogP contribution in [0.5, 0.6) is 0 Å². The lowest BCUT2D eigenvalue weighted by Crippen LogP contribution is -2.42. The van der Waals surface area contributed by atoms with Crippen molar-refractivity contribution in [2.45, 2.75) is 17.7 Å². The highest BCUT2D eigenvalue weighted by molar-refractivity contribution is 7.99. The van der Waals surface area contributed by atoms with Crippen molar-refractivity contribution in [3.63, 3.8) is 0 Å². The van der Waals surface area contributed by atoms with Gasteiger partial charge in [0.05, 0.1) is 6.42 Å². The Labute approximate surface area is 167 Å². The van der Waals surface area contributed by atoms with Crippen LogP contribution < -0.4 is 10.9 Å². The predicted molar refractivity (Wildman–Crippen MR) is 111 cm³/mol. The second kappa shape index (κ2) is 9.44. The van der Waals surface area contributed by atoms with Gasteiger partial charge >= 0.3 is 0 Å². The lowest BCUT2D eigenvalue weighted by Gasteiger charge is -2.09. The standard InChI is InChI=1S/C21H19ClN2O2S/c22-17-8-10-18(11-9-17)27-13-12-20(25)23-24-21(26)14-16-6-3-5-15-4-1-2-7-19(15)16/h1-11H,12-14H2,(H,23,25)(H,24,26). The van der Waals surface area contributed by atoms with Gasteiger partial charge in [-0.05, 0) is 40.6 Å². The van der Waals surface area contributed by atoms with Gasteiger partial charge in [0.15, 0.2) is 0 Å². The van der Waals surface area contributed by atoms with E-state index in [0.29, 0.717) is 17.2 Å². The van der Waals surface area contributed by atoms with Crippen molar-refractivity contribution in [2.75, 3.05) is 5.75 Å². The fourth-order valence-electron chi connectivity index (χ4n) is 2.66. The van der Waals surface area contributed by atoms with Gasteiger partial charge in [-0.1, -0.05) is 54.1 Å². The average Bonchev–Trinajstić information content (AvgIpc) is 2.68. The predicted octanol–water partition coefficient (Wildman–Crippen LogP) is 4.37. The van der Waals surface area contributed by atoms with Crippen LogP contribution in [0.15, 0.2) is 71.6 Å². The van der Waals surface area contributed by atoms with Crippen LogP contribution in [0.4, 0.5) is 0 Å². The molecular formula is C21H19ClN2O2S. The smallest absolute Gasteiger partial charge is 0.242 e. The Bertz CT molecular complexity index is 939. The summed E-state index contributed by atoms with van der Waals surface area (Å²) in [5, 5.41) is 2.82. The van der Waals surface area contributed by atoms with Crippen molar-refractivity contribution < 1.29 is 9.59 Å². The van der Waals surface area contributed by atoms with Gasteiger partial charge in [0.2, 0.25) is 11.8 Å². The molecule has 2 N–H and O–H groups in total. The van der Waals surface area contributed by atoms with Crippen molar-refractivity contribution in [1.29, 1.82) is 0 Å². The summed E-state index contributed by atoms with van der Waals surface area (Å²) in [5.41, 5.74) is 5.89. The van der Waals surface area contributed by atoms with Crippen LogP contribution in [0.25, 0.3) is 10.8 Å². The molecule has 27 heavy (non-hydrogen) atoms. The molecule has 0 heterocycles. The van der Waals surface area contributed by atoms with E-state index >= 15 is 0 Å². The molecule has 138 valence electrons. The molecule has 0 fully saturated rings. The molecule has 0 unspecified atom stereocenters. The Morgan fingerprint density at radius 3 is 2.37 bits per heavy atom. The first-order valence-electron chi connectivity index (χ1n) is 8.54. The van der Waals surface area contributed by atoms with Gasteiger partial charge in [0.25, 0.3) is 0 Å². The van der Waals surface area contributed by atoms with E-state index in [0.717, 1.165) is 21.2 Å². The van der Waals surface area contributed by atoms with Crippen molar-refractivity contribution in [1.82, 2.24) is 10.9 Å². The first-order chi connectivity index (χ1) is 13.1. The maximum atomic E-state index is 12.1. The number of hydrazine groups is 1. The molecule has 0 radical (unpaired) electrons. The monoisotopic (exact) mass is 398 g/mol. The summed E-state index contributed by atoms with van der Waals surface area (Å²) in [6, 6.07) is 21.2. The minimum Gasteiger partial charge on any atom is -0.273 e. The Kier molecular flexibility index (Phi) is 6.74. The highest BCUT2D eigenvalue weighted by Gasteiger charge is 2.08. The molecule has 0 aromatic heterocycles. The van der Waals surface area contributed by atoms with Crippen LogP contribution in [-0.4, -0.2) is 17.6 Å². The summed E-state index contributed by atoms with van der Waals surface area (Å²) in [6.45, 7) is 0. The number of nitrogens with one attached hydrogen (secondary N) is 2. The zero-order valence-corrected chi connectivity index (χ0v) is 16.1. The summed E-state index contributed by atoms with van der Waals surface area (Å²) in [5.74, 6) is 0.153. The van der Waals surface area contributed by atoms with E-state index in [2.05, 4.69) is 10.9 Å². The molecule has 3 rings (SSSR count). The number of hydrogen-bond acceptors (Lipinski definition) is 3. The Balaban J connectivity index is 1.43. The molecule has 6 heteroatoms. The molecule has 0 aliphatic heterocycles. The normalized spacial score (nSPS) is 10.6. The van der Waals surface area contributed by atoms with Crippen molar-refractivity contribution in [3.05, 3.63) is 77.3 Å². The Morgan fingerprint density at radius 1 is 0.852 bits per heavy atom. The zero-order chi connectivity index (χ0) is 19.1. The number of rotatable bonds is 6. The SMILES string of the molecule is O=C(CCSc1ccc(Cl)cc1)NNC(=O)Cc1cccc2ccccc12. The summed E-state index contributed by atoms with van der Waals surface area (Å²) >= 11 is 7.41.